The monoisotopic (exact) mass is 208 g/mol. The van der Waals surface area contributed by atoms with Gasteiger partial charge in [0, 0.05) is 24.8 Å². The molecule has 1 fully saturated rings. The first-order valence-electron chi connectivity index (χ1n) is 5.28. The Bertz CT molecular complexity index is 322. The third kappa shape index (κ3) is 2.27. The van der Waals surface area contributed by atoms with Gasteiger partial charge in [0.05, 0.1) is 24.6 Å². The normalized spacial score (nSPS) is 18.1. The molecule has 0 atom stereocenters. The van der Waals surface area contributed by atoms with E-state index in [4.69, 9.17) is 0 Å². The van der Waals surface area contributed by atoms with Crippen LogP contribution in [-0.2, 0) is 6.61 Å². The lowest BCUT2D eigenvalue weighted by Gasteiger charge is -2.32. The van der Waals surface area contributed by atoms with Crippen LogP contribution in [0.2, 0.25) is 0 Å². The molecule has 1 aliphatic heterocycles. The van der Waals surface area contributed by atoms with Crippen molar-refractivity contribution >= 4 is 5.69 Å². The molecule has 1 aromatic heterocycles. The second-order valence-corrected chi connectivity index (χ2v) is 3.88. The summed E-state index contributed by atoms with van der Waals surface area (Å²) in [5, 5.41) is 18.6. The fraction of sp³-hybridized carbons (Fsp3) is 0.545. The Hall–Kier alpha value is -1.13. The van der Waals surface area contributed by atoms with E-state index in [0.29, 0.717) is 0 Å². The fourth-order valence-corrected chi connectivity index (χ4v) is 1.94. The van der Waals surface area contributed by atoms with Gasteiger partial charge in [-0.1, -0.05) is 0 Å². The molecule has 15 heavy (non-hydrogen) atoms. The molecule has 2 rings (SSSR count). The first-order chi connectivity index (χ1) is 7.31. The van der Waals surface area contributed by atoms with Crippen molar-refractivity contribution in [3.05, 3.63) is 24.0 Å². The van der Waals surface area contributed by atoms with E-state index in [1.54, 1.807) is 12.4 Å². The van der Waals surface area contributed by atoms with Crippen molar-refractivity contribution in [2.24, 2.45) is 0 Å². The summed E-state index contributed by atoms with van der Waals surface area (Å²) >= 11 is 0. The summed E-state index contributed by atoms with van der Waals surface area (Å²) in [6, 6.07) is 1.83. The predicted molar refractivity (Wildman–Crippen MR) is 57.6 cm³/mol. The first kappa shape index (κ1) is 10.4. The van der Waals surface area contributed by atoms with Crippen molar-refractivity contribution < 1.29 is 10.2 Å². The molecule has 2 N–H and O–H groups in total. The van der Waals surface area contributed by atoms with E-state index in [9.17, 15) is 10.2 Å². The molecule has 0 bridgehead atoms. The van der Waals surface area contributed by atoms with Crippen LogP contribution in [0.3, 0.4) is 0 Å². The van der Waals surface area contributed by atoms with Crippen LogP contribution in [0, 0.1) is 0 Å². The molecule has 0 radical (unpaired) electrons. The number of pyridine rings is 1. The minimum atomic E-state index is -0.171. The van der Waals surface area contributed by atoms with Gasteiger partial charge in [-0.2, -0.15) is 0 Å². The smallest absolute Gasteiger partial charge is 0.0703 e. The average molecular weight is 208 g/mol. The van der Waals surface area contributed by atoms with Gasteiger partial charge in [0.25, 0.3) is 0 Å². The van der Waals surface area contributed by atoms with Crippen molar-refractivity contribution in [1.82, 2.24) is 4.98 Å². The molecular formula is C11H16N2O2. The maximum Gasteiger partial charge on any atom is 0.0703 e. The maximum atomic E-state index is 9.41. The average Bonchev–Trinajstić information content (AvgIpc) is 2.30. The van der Waals surface area contributed by atoms with Gasteiger partial charge in [0.2, 0.25) is 0 Å². The largest absolute Gasteiger partial charge is 0.393 e. The molecule has 1 saturated heterocycles. The fourth-order valence-electron chi connectivity index (χ4n) is 1.94. The summed E-state index contributed by atoms with van der Waals surface area (Å²) in [5.74, 6) is 0. The Morgan fingerprint density at radius 3 is 2.80 bits per heavy atom. The molecule has 0 saturated carbocycles. The number of aliphatic hydroxyl groups is 2. The first-order valence-corrected chi connectivity index (χ1v) is 5.28. The molecular weight excluding hydrogens is 192 g/mol. The van der Waals surface area contributed by atoms with E-state index in [2.05, 4.69) is 9.88 Å². The molecule has 0 aliphatic carbocycles. The van der Waals surface area contributed by atoms with Crippen molar-refractivity contribution in [3.8, 4) is 0 Å². The van der Waals surface area contributed by atoms with Crippen LogP contribution in [0.15, 0.2) is 18.5 Å². The standard InChI is InChI=1S/C11H16N2O2/c14-8-9-1-4-12-7-11(9)13-5-2-10(15)3-6-13/h1,4,7,10,14-15H,2-3,5-6,8H2. The molecule has 1 aliphatic rings. The zero-order valence-electron chi connectivity index (χ0n) is 8.63. The summed E-state index contributed by atoms with van der Waals surface area (Å²) in [6.45, 7) is 1.70. The van der Waals surface area contributed by atoms with Crippen LogP contribution in [0.1, 0.15) is 18.4 Å². The third-order valence-corrected chi connectivity index (χ3v) is 2.86. The van der Waals surface area contributed by atoms with Gasteiger partial charge in [-0.05, 0) is 18.9 Å². The highest BCUT2D eigenvalue weighted by atomic mass is 16.3. The van der Waals surface area contributed by atoms with Crippen LogP contribution in [0.25, 0.3) is 0 Å². The number of hydrogen-bond acceptors (Lipinski definition) is 4. The van der Waals surface area contributed by atoms with Crippen molar-refractivity contribution in [2.75, 3.05) is 18.0 Å². The summed E-state index contributed by atoms with van der Waals surface area (Å²) in [7, 11) is 0. The lowest BCUT2D eigenvalue weighted by Crippen LogP contribution is -2.36. The molecule has 0 aromatic carbocycles. The lowest BCUT2D eigenvalue weighted by molar-refractivity contribution is 0.145. The van der Waals surface area contributed by atoms with Crippen LogP contribution < -0.4 is 4.90 Å². The topological polar surface area (TPSA) is 56.6 Å². The van der Waals surface area contributed by atoms with E-state index in [0.717, 1.165) is 37.2 Å². The quantitative estimate of drug-likeness (QED) is 0.744. The number of nitrogens with zero attached hydrogens (tertiary/aromatic N) is 2. The van der Waals surface area contributed by atoms with E-state index < -0.39 is 0 Å². The van der Waals surface area contributed by atoms with Gasteiger partial charge < -0.3 is 15.1 Å². The van der Waals surface area contributed by atoms with Gasteiger partial charge in [-0.15, -0.1) is 0 Å². The highest BCUT2D eigenvalue weighted by molar-refractivity contribution is 5.51. The zero-order valence-corrected chi connectivity index (χ0v) is 8.63. The van der Waals surface area contributed by atoms with Crippen LogP contribution >= 0.6 is 0 Å². The number of hydrogen-bond donors (Lipinski definition) is 2. The van der Waals surface area contributed by atoms with Gasteiger partial charge >= 0.3 is 0 Å². The predicted octanol–water partition coefficient (Wildman–Crippen LogP) is 0.535. The van der Waals surface area contributed by atoms with E-state index >= 15 is 0 Å². The van der Waals surface area contributed by atoms with Gasteiger partial charge in [0.1, 0.15) is 0 Å². The maximum absolute atomic E-state index is 9.41. The van der Waals surface area contributed by atoms with Crippen LogP contribution in [-0.4, -0.2) is 34.4 Å². The van der Waals surface area contributed by atoms with Crippen LogP contribution in [0.4, 0.5) is 5.69 Å². The second-order valence-electron chi connectivity index (χ2n) is 3.88. The van der Waals surface area contributed by atoms with Crippen molar-refractivity contribution in [2.45, 2.75) is 25.6 Å². The Kier molecular flexibility index (Phi) is 3.18. The second kappa shape index (κ2) is 4.59. The SMILES string of the molecule is OCc1ccncc1N1CCC(O)CC1. The molecule has 82 valence electrons. The highest BCUT2D eigenvalue weighted by Gasteiger charge is 2.18. The van der Waals surface area contributed by atoms with E-state index in [-0.39, 0.29) is 12.7 Å². The molecule has 2 heterocycles. The van der Waals surface area contributed by atoms with E-state index in [1.165, 1.54) is 0 Å². The number of aliphatic hydroxyl groups excluding tert-OH is 2. The third-order valence-electron chi connectivity index (χ3n) is 2.86. The Morgan fingerprint density at radius 1 is 1.40 bits per heavy atom. The van der Waals surface area contributed by atoms with Gasteiger partial charge in [-0.3, -0.25) is 4.98 Å². The molecule has 4 nitrogen and oxygen atoms in total. The van der Waals surface area contributed by atoms with Gasteiger partial charge in [0.15, 0.2) is 0 Å². The van der Waals surface area contributed by atoms with Gasteiger partial charge in [-0.25, -0.2) is 0 Å². The molecule has 0 spiro atoms. The number of anilines is 1. The van der Waals surface area contributed by atoms with Crippen molar-refractivity contribution in [1.29, 1.82) is 0 Å². The minimum Gasteiger partial charge on any atom is -0.393 e. The summed E-state index contributed by atoms with van der Waals surface area (Å²) in [5.41, 5.74) is 1.90. The Labute approximate surface area is 89.2 Å². The zero-order chi connectivity index (χ0) is 10.7. The Morgan fingerprint density at radius 2 is 2.13 bits per heavy atom. The Balaban J connectivity index is 2.15. The highest BCUT2D eigenvalue weighted by Crippen LogP contribution is 2.23. The summed E-state index contributed by atoms with van der Waals surface area (Å²) in [6.07, 6.45) is 4.88. The molecule has 1 aromatic rings. The molecule has 4 heteroatoms. The number of aromatic nitrogens is 1. The number of rotatable bonds is 2. The van der Waals surface area contributed by atoms with Crippen LogP contribution in [0.5, 0.6) is 0 Å². The minimum absolute atomic E-state index is 0.0386. The lowest BCUT2D eigenvalue weighted by atomic mass is 10.1. The number of piperidine rings is 1. The summed E-state index contributed by atoms with van der Waals surface area (Å²) < 4.78 is 0. The molecule has 0 amide bonds. The molecule has 0 unspecified atom stereocenters. The summed E-state index contributed by atoms with van der Waals surface area (Å²) in [4.78, 5) is 6.24. The van der Waals surface area contributed by atoms with Crippen molar-refractivity contribution in [3.63, 3.8) is 0 Å². The van der Waals surface area contributed by atoms with E-state index in [1.807, 2.05) is 6.07 Å².